The Labute approximate surface area is 164 Å². The number of rotatable bonds is 5. The van der Waals surface area contributed by atoms with Crippen molar-refractivity contribution in [2.45, 2.75) is 24.7 Å². The van der Waals surface area contributed by atoms with E-state index in [1.807, 2.05) is 6.92 Å². The summed E-state index contributed by atoms with van der Waals surface area (Å²) in [6.45, 7) is 2.43. The van der Waals surface area contributed by atoms with E-state index >= 15 is 0 Å². The number of amides is 1. The Bertz CT molecular complexity index is 978. The second kappa shape index (κ2) is 8.12. The van der Waals surface area contributed by atoms with Crippen molar-refractivity contribution in [1.82, 2.24) is 4.31 Å². The Kier molecular flexibility index (Phi) is 5.81. The number of carboxylic acid groups (broad SMARTS) is 1. The Morgan fingerprint density at radius 1 is 1.07 bits per heavy atom. The molecule has 1 amide bonds. The maximum absolute atomic E-state index is 12.7. The van der Waals surface area contributed by atoms with E-state index in [0.29, 0.717) is 18.5 Å². The van der Waals surface area contributed by atoms with Gasteiger partial charge in [-0.2, -0.15) is 4.31 Å². The van der Waals surface area contributed by atoms with E-state index in [1.54, 1.807) is 36.4 Å². The van der Waals surface area contributed by atoms with Crippen LogP contribution in [0.1, 0.15) is 28.8 Å². The summed E-state index contributed by atoms with van der Waals surface area (Å²) in [7, 11) is -3.57. The third kappa shape index (κ3) is 4.40. The summed E-state index contributed by atoms with van der Waals surface area (Å²) >= 11 is 0. The molecule has 1 fully saturated rings. The van der Waals surface area contributed by atoms with Crippen LogP contribution in [0.25, 0.3) is 0 Å². The quantitative estimate of drug-likeness (QED) is 0.800. The lowest BCUT2D eigenvalue weighted by Gasteiger charge is -2.30. The van der Waals surface area contributed by atoms with Crippen LogP contribution in [0, 0.1) is 12.8 Å². The number of hydrogen-bond donors (Lipinski definition) is 2. The molecule has 1 heterocycles. The van der Waals surface area contributed by atoms with Crippen LogP contribution >= 0.6 is 0 Å². The molecule has 0 aliphatic carbocycles. The van der Waals surface area contributed by atoms with Crippen molar-refractivity contribution < 1.29 is 23.1 Å². The fourth-order valence-corrected chi connectivity index (χ4v) is 4.66. The number of carbonyl (C=O) groups is 2. The zero-order valence-electron chi connectivity index (χ0n) is 15.5. The first-order chi connectivity index (χ1) is 13.3. The first-order valence-electron chi connectivity index (χ1n) is 8.98. The predicted octanol–water partition coefficient (Wildman–Crippen LogP) is 2.73. The molecular formula is C20H22N2O5S. The molecule has 1 aliphatic heterocycles. The molecule has 8 heteroatoms. The van der Waals surface area contributed by atoms with Crippen molar-refractivity contribution in [3.63, 3.8) is 0 Å². The Morgan fingerprint density at radius 3 is 2.32 bits per heavy atom. The average molecular weight is 402 g/mol. The van der Waals surface area contributed by atoms with Gasteiger partial charge in [0.05, 0.1) is 10.5 Å². The van der Waals surface area contributed by atoms with Crippen molar-refractivity contribution in [3.05, 3.63) is 59.7 Å². The molecule has 0 saturated carbocycles. The van der Waals surface area contributed by atoms with E-state index < -0.39 is 16.0 Å². The van der Waals surface area contributed by atoms with E-state index in [1.165, 1.54) is 16.4 Å². The molecule has 2 N–H and O–H groups in total. The minimum Gasteiger partial charge on any atom is -0.478 e. The Hall–Kier alpha value is -2.71. The molecule has 0 atom stereocenters. The Balaban J connectivity index is 1.62. The number of anilines is 1. The monoisotopic (exact) mass is 402 g/mol. The van der Waals surface area contributed by atoms with Gasteiger partial charge in [0.15, 0.2) is 0 Å². The molecule has 0 unspecified atom stereocenters. The van der Waals surface area contributed by atoms with Crippen molar-refractivity contribution in [3.8, 4) is 0 Å². The average Bonchev–Trinajstić information content (AvgIpc) is 2.68. The summed E-state index contributed by atoms with van der Waals surface area (Å²) in [4.78, 5) is 23.8. The van der Waals surface area contributed by atoms with E-state index in [0.717, 1.165) is 5.56 Å². The summed E-state index contributed by atoms with van der Waals surface area (Å²) in [6.07, 6.45) is 0.824. The van der Waals surface area contributed by atoms with Crippen LogP contribution in [0.3, 0.4) is 0 Å². The minimum absolute atomic E-state index is 0.0943. The number of aryl methyl sites for hydroxylation is 1. The van der Waals surface area contributed by atoms with Crippen LogP contribution in [-0.2, 0) is 14.8 Å². The third-order valence-corrected chi connectivity index (χ3v) is 6.77. The van der Waals surface area contributed by atoms with Crippen molar-refractivity contribution in [2.75, 3.05) is 18.4 Å². The maximum Gasteiger partial charge on any atom is 0.335 e. The highest BCUT2D eigenvalue weighted by Crippen LogP contribution is 2.25. The summed E-state index contributed by atoms with van der Waals surface area (Å²) in [5.74, 6) is -1.61. The van der Waals surface area contributed by atoms with Crippen LogP contribution in [0.5, 0.6) is 0 Å². The van der Waals surface area contributed by atoms with E-state index in [-0.39, 0.29) is 35.4 Å². The van der Waals surface area contributed by atoms with Crippen molar-refractivity contribution in [1.29, 1.82) is 0 Å². The lowest BCUT2D eigenvalue weighted by molar-refractivity contribution is -0.120. The van der Waals surface area contributed by atoms with Crippen LogP contribution in [0.2, 0.25) is 0 Å². The SMILES string of the molecule is Cc1ccc(S(=O)(=O)N2CCC(C(=O)Nc3cccc(C(=O)O)c3)CC2)cc1. The van der Waals surface area contributed by atoms with Gasteiger partial charge in [0.2, 0.25) is 15.9 Å². The highest BCUT2D eigenvalue weighted by atomic mass is 32.2. The summed E-state index contributed by atoms with van der Waals surface area (Å²) < 4.78 is 26.9. The van der Waals surface area contributed by atoms with Gasteiger partial charge < -0.3 is 10.4 Å². The number of piperidine rings is 1. The summed E-state index contributed by atoms with van der Waals surface area (Å²) in [5, 5.41) is 11.8. The van der Waals surface area contributed by atoms with Crippen LogP contribution in [0.4, 0.5) is 5.69 Å². The second-order valence-electron chi connectivity index (χ2n) is 6.87. The molecule has 0 spiro atoms. The number of nitrogens with one attached hydrogen (secondary N) is 1. The molecule has 1 aliphatic rings. The van der Waals surface area contributed by atoms with Crippen LogP contribution in [0.15, 0.2) is 53.4 Å². The normalized spacial score (nSPS) is 15.9. The van der Waals surface area contributed by atoms with Gasteiger partial charge in [0.25, 0.3) is 0 Å². The molecule has 2 aromatic rings. The fraction of sp³-hybridized carbons (Fsp3) is 0.300. The zero-order valence-corrected chi connectivity index (χ0v) is 16.3. The zero-order chi connectivity index (χ0) is 20.3. The first-order valence-corrected chi connectivity index (χ1v) is 10.4. The molecule has 0 bridgehead atoms. The largest absolute Gasteiger partial charge is 0.478 e. The minimum atomic E-state index is -3.57. The summed E-state index contributed by atoms with van der Waals surface area (Å²) in [6, 6.07) is 12.8. The van der Waals surface area contributed by atoms with Crippen molar-refractivity contribution in [2.24, 2.45) is 5.92 Å². The van der Waals surface area contributed by atoms with Gasteiger partial charge in [0, 0.05) is 24.7 Å². The molecular weight excluding hydrogens is 380 g/mol. The smallest absolute Gasteiger partial charge is 0.335 e. The fourth-order valence-electron chi connectivity index (χ4n) is 3.19. The molecule has 7 nitrogen and oxygen atoms in total. The van der Waals surface area contributed by atoms with Crippen molar-refractivity contribution >= 4 is 27.6 Å². The number of benzene rings is 2. The van der Waals surface area contributed by atoms with Gasteiger partial charge in [-0.15, -0.1) is 0 Å². The van der Waals surface area contributed by atoms with E-state index in [9.17, 15) is 18.0 Å². The first kappa shape index (κ1) is 20.0. The molecule has 0 aromatic heterocycles. The van der Waals surface area contributed by atoms with Crippen LogP contribution < -0.4 is 5.32 Å². The Morgan fingerprint density at radius 2 is 1.71 bits per heavy atom. The van der Waals surface area contributed by atoms with Gasteiger partial charge in [-0.05, 0) is 50.1 Å². The van der Waals surface area contributed by atoms with Gasteiger partial charge in [0.1, 0.15) is 0 Å². The number of aromatic carboxylic acids is 1. The van der Waals surface area contributed by atoms with E-state index in [2.05, 4.69) is 5.32 Å². The standard InChI is InChI=1S/C20H22N2O5S/c1-14-5-7-18(8-6-14)28(26,27)22-11-9-15(10-12-22)19(23)21-17-4-2-3-16(13-17)20(24)25/h2-8,13,15H,9-12H2,1H3,(H,21,23)(H,24,25). The molecule has 1 saturated heterocycles. The van der Waals surface area contributed by atoms with E-state index in [4.69, 9.17) is 5.11 Å². The third-order valence-electron chi connectivity index (χ3n) is 4.86. The van der Waals surface area contributed by atoms with Gasteiger partial charge in [-0.1, -0.05) is 23.8 Å². The molecule has 3 rings (SSSR count). The van der Waals surface area contributed by atoms with Gasteiger partial charge in [-0.3, -0.25) is 4.79 Å². The maximum atomic E-state index is 12.7. The highest BCUT2D eigenvalue weighted by molar-refractivity contribution is 7.89. The molecule has 28 heavy (non-hydrogen) atoms. The lowest BCUT2D eigenvalue weighted by atomic mass is 9.97. The van der Waals surface area contributed by atoms with Crippen LogP contribution in [-0.4, -0.2) is 42.8 Å². The highest BCUT2D eigenvalue weighted by Gasteiger charge is 2.32. The number of carbonyl (C=O) groups excluding carboxylic acids is 1. The molecule has 2 aromatic carbocycles. The van der Waals surface area contributed by atoms with Gasteiger partial charge in [-0.25, -0.2) is 13.2 Å². The summed E-state index contributed by atoms with van der Waals surface area (Å²) in [5.41, 5.74) is 1.50. The van der Waals surface area contributed by atoms with Gasteiger partial charge >= 0.3 is 5.97 Å². The predicted molar refractivity (Wildman–Crippen MR) is 105 cm³/mol. The lowest BCUT2D eigenvalue weighted by Crippen LogP contribution is -2.41. The number of carboxylic acids is 1. The number of sulfonamides is 1. The number of nitrogens with zero attached hydrogens (tertiary/aromatic N) is 1. The number of hydrogen-bond acceptors (Lipinski definition) is 4. The molecule has 0 radical (unpaired) electrons. The topological polar surface area (TPSA) is 104 Å². The second-order valence-corrected chi connectivity index (χ2v) is 8.80. The molecule has 148 valence electrons.